The van der Waals surface area contributed by atoms with Crippen LogP contribution in [0.3, 0.4) is 0 Å². The molecule has 2 N–H and O–H groups in total. The van der Waals surface area contributed by atoms with Crippen LogP contribution in [0.5, 0.6) is 0 Å². The van der Waals surface area contributed by atoms with Crippen molar-refractivity contribution < 1.29 is 13.7 Å². The van der Waals surface area contributed by atoms with Crippen LogP contribution in [-0.4, -0.2) is 23.9 Å². The van der Waals surface area contributed by atoms with E-state index in [1.807, 2.05) is 6.92 Å². The molecule has 1 aromatic carbocycles. The Kier molecular flexibility index (Phi) is 4.81. The average molecular weight is 279 g/mol. The second kappa shape index (κ2) is 6.58. The Bertz CT molecular complexity index is 571. The number of benzene rings is 1. The third-order valence-corrected chi connectivity index (χ3v) is 3.06. The molecule has 2 aromatic rings. The Morgan fingerprint density at radius 1 is 1.45 bits per heavy atom. The normalized spacial score (nSPS) is 12.6. The minimum absolute atomic E-state index is 0.332. The van der Waals surface area contributed by atoms with Crippen molar-refractivity contribution in [2.24, 2.45) is 5.73 Å². The van der Waals surface area contributed by atoms with Crippen molar-refractivity contribution >= 4 is 0 Å². The van der Waals surface area contributed by atoms with Gasteiger partial charge in [0.1, 0.15) is 5.82 Å². The van der Waals surface area contributed by atoms with Crippen molar-refractivity contribution in [2.45, 2.75) is 25.8 Å². The van der Waals surface area contributed by atoms with E-state index < -0.39 is 0 Å². The van der Waals surface area contributed by atoms with E-state index in [0.717, 1.165) is 12.0 Å². The zero-order valence-electron chi connectivity index (χ0n) is 11.6. The maximum Gasteiger partial charge on any atom is 0.243 e. The van der Waals surface area contributed by atoms with E-state index in [1.165, 1.54) is 12.1 Å². The van der Waals surface area contributed by atoms with Crippen molar-refractivity contribution in [1.29, 1.82) is 0 Å². The number of rotatable bonds is 6. The van der Waals surface area contributed by atoms with E-state index in [-0.39, 0.29) is 11.9 Å². The van der Waals surface area contributed by atoms with E-state index in [9.17, 15) is 4.39 Å². The van der Waals surface area contributed by atoms with Gasteiger partial charge in [0.15, 0.2) is 0 Å². The molecular formula is C14H18FN3O2. The summed E-state index contributed by atoms with van der Waals surface area (Å²) in [5.74, 6) is 0.389. The third-order valence-electron chi connectivity index (χ3n) is 3.06. The van der Waals surface area contributed by atoms with Crippen LogP contribution in [0.15, 0.2) is 22.7 Å². The summed E-state index contributed by atoms with van der Waals surface area (Å²) in [6.07, 6.45) is 1.51. The summed E-state index contributed by atoms with van der Waals surface area (Å²) in [7, 11) is 1.64. The molecule has 0 amide bonds. The van der Waals surface area contributed by atoms with Crippen LogP contribution >= 0.6 is 0 Å². The maximum atomic E-state index is 13.3. The summed E-state index contributed by atoms with van der Waals surface area (Å²) in [5, 5.41) is 3.87. The highest BCUT2D eigenvalue weighted by Gasteiger charge is 2.16. The van der Waals surface area contributed by atoms with Gasteiger partial charge in [-0.05, 0) is 37.5 Å². The fourth-order valence-electron chi connectivity index (χ4n) is 1.90. The second-order valence-corrected chi connectivity index (χ2v) is 4.66. The van der Waals surface area contributed by atoms with E-state index >= 15 is 0 Å². The SMILES string of the molecule is COCCCC(N)c1nc(-c2cc(F)ccc2C)no1. The molecule has 0 fully saturated rings. The summed E-state index contributed by atoms with van der Waals surface area (Å²) >= 11 is 0. The summed E-state index contributed by atoms with van der Waals surface area (Å²) in [4.78, 5) is 4.25. The Labute approximate surface area is 116 Å². The minimum Gasteiger partial charge on any atom is -0.385 e. The molecular weight excluding hydrogens is 261 g/mol. The Morgan fingerprint density at radius 2 is 2.25 bits per heavy atom. The number of halogens is 1. The molecule has 0 aliphatic rings. The van der Waals surface area contributed by atoms with Gasteiger partial charge in [-0.1, -0.05) is 11.2 Å². The average Bonchev–Trinajstić information content (AvgIpc) is 2.91. The monoisotopic (exact) mass is 279 g/mol. The van der Waals surface area contributed by atoms with Crippen LogP contribution in [0.1, 0.15) is 30.3 Å². The first-order valence-corrected chi connectivity index (χ1v) is 6.46. The Hall–Kier alpha value is -1.79. The molecule has 108 valence electrons. The lowest BCUT2D eigenvalue weighted by molar-refractivity contribution is 0.188. The summed E-state index contributed by atoms with van der Waals surface area (Å²) in [5.41, 5.74) is 7.47. The van der Waals surface area contributed by atoms with Crippen molar-refractivity contribution in [3.8, 4) is 11.4 Å². The number of nitrogens with two attached hydrogens (primary N) is 1. The molecule has 1 unspecified atom stereocenters. The predicted molar refractivity (Wildman–Crippen MR) is 72.5 cm³/mol. The molecule has 1 atom stereocenters. The molecule has 0 spiro atoms. The molecule has 0 aliphatic carbocycles. The molecule has 5 nitrogen and oxygen atoms in total. The highest BCUT2D eigenvalue weighted by atomic mass is 19.1. The molecule has 6 heteroatoms. The van der Waals surface area contributed by atoms with Gasteiger partial charge in [-0.15, -0.1) is 0 Å². The molecule has 0 aliphatic heterocycles. The fourth-order valence-corrected chi connectivity index (χ4v) is 1.90. The first-order valence-electron chi connectivity index (χ1n) is 6.46. The number of ether oxygens (including phenoxy) is 1. The third kappa shape index (κ3) is 3.40. The molecule has 0 saturated heterocycles. The van der Waals surface area contributed by atoms with Gasteiger partial charge in [0, 0.05) is 19.3 Å². The fraction of sp³-hybridized carbons (Fsp3) is 0.429. The largest absolute Gasteiger partial charge is 0.385 e. The zero-order valence-corrected chi connectivity index (χ0v) is 11.6. The first kappa shape index (κ1) is 14.6. The van der Waals surface area contributed by atoms with Gasteiger partial charge in [-0.25, -0.2) is 4.39 Å². The topological polar surface area (TPSA) is 74.2 Å². The van der Waals surface area contributed by atoms with Crippen LogP contribution in [0.25, 0.3) is 11.4 Å². The molecule has 0 bridgehead atoms. The molecule has 0 radical (unpaired) electrons. The van der Waals surface area contributed by atoms with Crippen LogP contribution in [0.4, 0.5) is 4.39 Å². The highest BCUT2D eigenvalue weighted by Crippen LogP contribution is 2.23. The lowest BCUT2D eigenvalue weighted by atomic mass is 10.1. The molecule has 1 heterocycles. The van der Waals surface area contributed by atoms with Crippen molar-refractivity contribution in [3.05, 3.63) is 35.5 Å². The van der Waals surface area contributed by atoms with Gasteiger partial charge in [-0.3, -0.25) is 0 Å². The van der Waals surface area contributed by atoms with Gasteiger partial charge in [0.25, 0.3) is 0 Å². The molecule has 0 saturated carbocycles. The summed E-state index contributed by atoms with van der Waals surface area (Å²) in [6.45, 7) is 2.50. The van der Waals surface area contributed by atoms with E-state index in [4.69, 9.17) is 15.0 Å². The van der Waals surface area contributed by atoms with Crippen LogP contribution in [0.2, 0.25) is 0 Å². The number of nitrogens with zero attached hydrogens (tertiary/aromatic N) is 2. The molecule has 2 rings (SSSR count). The van der Waals surface area contributed by atoms with E-state index in [2.05, 4.69) is 10.1 Å². The van der Waals surface area contributed by atoms with E-state index in [0.29, 0.717) is 30.3 Å². The summed E-state index contributed by atoms with van der Waals surface area (Å²) < 4.78 is 23.4. The highest BCUT2D eigenvalue weighted by molar-refractivity contribution is 5.59. The van der Waals surface area contributed by atoms with E-state index in [1.54, 1.807) is 13.2 Å². The van der Waals surface area contributed by atoms with Crippen molar-refractivity contribution in [2.75, 3.05) is 13.7 Å². The maximum absolute atomic E-state index is 13.3. The lowest BCUT2D eigenvalue weighted by Gasteiger charge is -2.05. The standard InChI is InChI=1S/C14H18FN3O2/c1-9-5-6-10(15)8-11(9)13-17-14(20-18-13)12(16)4-3-7-19-2/h5-6,8,12H,3-4,7,16H2,1-2H3. The number of aromatic nitrogens is 2. The zero-order chi connectivity index (χ0) is 14.5. The minimum atomic E-state index is -0.333. The van der Waals surface area contributed by atoms with Crippen LogP contribution in [0, 0.1) is 12.7 Å². The van der Waals surface area contributed by atoms with Gasteiger partial charge >= 0.3 is 0 Å². The Morgan fingerprint density at radius 3 is 3.00 bits per heavy atom. The second-order valence-electron chi connectivity index (χ2n) is 4.66. The van der Waals surface area contributed by atoms with Gasteiger partial charge < -0.3 is 15.0 Å². The number of hydrogen-bond donors (Lipinski definition) is 1. The lowest BCUT2D eigenvalue weighted by Crippen LogP contribution is -2.11. The van der Waals surface area contributed by atoms with Gasteiger partial charge in [-0.2, -0.15) is 4.98 Å². The summed E-state index contributed by atoms with van der Waals surface area (Å²) in [6, 6.07) is 4.14. The predicted octanol–water partition coefficient (Wildman–Crippen LogP) is 2.61. The first-order chi connectivity index (χ1) is 9.61. The smallest absolute Gasteiger partial charge is 0.243 e. The quantitative estimate of drug-likeness (QED) is 0.823. The van der Waals surface area contributed by atoms with Crippen molar-refractivity contribution in [3.63, 3.8) is 0 Å². The molecule has 1 aromatic heterocycles. The van der Waals surface area contributed by atoms with Crippen LogP contribution in [-0.2, 0) is 4.74 Å². The molecule has 20 heavy (non-hydrogen) atoms. The van der Waals surface area contributed by atoms with Gasteiger partial charge in [0.05, 0.1) is 6.04 Å². The van der Waals surface area contributed by atoms with Gasteiger partial charge in [0.2, 0.25) is 11.7 Å². The number of aryl methyl sites for hydroxylation is 1. The van der Waals surface area contributed by atoms with Crippen molar-refractivity contribution in [1.82, 2.24) is 10.1 Å². The Balaban J connectivity index is 2.14. The van der Waals surface area contributed by atoms with Crippen LogP contribution < -0.4 is 5.73 Å². The number of methoxy groups -OCH3 is 1. The number of hydrogen-bond acceptors (Lipinski definition) is 5.